The number of hydrogen-bond acceptors (Lipinski definition) is 6. The van der Waals surface area contributed by atoms with Crippen LogP contribution < -0.4 is 5.32 Å². The summed E-state index contributed by atoms with van der Waals surface area (Å²) < 4.78 is 1.65. The van der Waals surface area contributed by atoms with Gasteiger partial charge in [-0.2, -0.15) is 0 Å². The fourth-order valence-electron chi connectivity index (χ4n) is 2.49. The van der Waals surface area contributed by atoms with Crippen molar-refractivity contribution in [2.45, 2.75) is 23.0 Å². The number of carbonyl (C=O) groups is 1. The van der Waals surface area contributed by atoms with E-state index in [4.69, 9.17) is 11.6 Å². The molecule has 3 aromatic rings. The van der Waals surface area contributed by atoms with E-state index in [0.717, 1.165) is 17.3 Å². The molecule has 28 heavy (non-hydrogen) atoms. The Morgan fingerprint density at radius 2 is 2.11 bits per heavy atom. The van der Waals surface area contributed by atoms with Crippen LogP contribution in [0.5, 0.6) is 0 Å². The van der Waals surface area contributed by atoms with Crippen molar-refractivity contribution in [1.82, 2.24) is 20.1 Å². The number of aromatic nitrogens is 3. The molecule has 144 valence electrons. The van der Waals surface area contributed by atoms with Gasteiger partial charge < -0.3 is 9.88 Å². The largest absolute Gasteiger partial charge is 0.346 e. The third kappa shape index (κ3) is 4.49. The predicted octanol–water partition coefficient (Wildman–Crippen LogP) is 4.02. The van der Waals surface area contributed by atoms with E-state index in [9.17, 15) is 14.9 Å². The van der Waals surface area contributed by atoms with Crippen LogP contribution in [-0.2, 0) is 7.05 Å². The first-order valence-corrected chi connectivity index (χ1v) is 9.41. The van der Waals surface area contributed by atoms with Gasteiger partial charge in [-0.15, -0.1) is 10.2 Å². The highest BCUT2D eigenvalue weighted by molar-refractivity contribution is 7.99. The van der Waals surface area contributed by atoms with Gasteiger partial charge in [0.1, 0.15) is 6.33 Å². The minimum atomic E-state index is -0.518. The van der Waals surface area contributed by atoms with Crippen LogP contribution in [0.15, 0.2) is 58.8 Å². The fourth-order valence-corrected chi connectivity index (χ4v) is 3.54. The van der Waals surface area contributed by atoms with Crippen molar-refractivity contribution in [1.29, 1.82) is 0 Å². The highest BCUT2D eigenvalue weighted by Crippen LogP contribution is 2.34. The van der Waals surface area contributed by atoms with Crippen LogP contribution in [0.1, 0.15) is 28.9 Å². The number of nitrogens with one attached hydrogen (secondary N) is 1. The molecule has 1 amide bonds. The van der Waals surface area contributed by atoms with Crippen LogP contribution in [0.25, 0.3) is 0 Å². The fraction of sp³-hybridized carbons (Fsp3) is 0.167. The second-order valence-corrected chi connectivity index (χ2v) is 7.46. The summed E-state index contributed by atoms with van der Waals surface area (Å²) in [7, 11) is 1.74. The molecule has 1 aromatic heterocycles. The van der Waals surface area contributed by atoms with Crippen LogP contribution in [0, 0.1) is 10.1 Å². The number of nitro groups is 1. The zero-order valence-corrected chi connectivity index (χ0v) is 16.6. The number of nitro benzene ring substituents is 1. The average Bonchev–Trinajstić information content (AvgIpc) is 3.06. The Hall–Kier alpha value is -2.91. The lowest BCUT2D eigenvalue weighted by Crippen LogP contribution is -2.26. The third-order valence-electron chi connectivity index (χ3n) is 3.99. The molecule has 0 aliphatic carbocycles. The van der Waals surface area contributed by atoms with E-state index >= 15 is 0 Å². The zero-order valence-electron chi connectivity index (χ0n) is 15.0. The summed E-state index contributed by atoms with van der Waals surface area (Å²) in [5.41, 5.74) is 0.865. The molecular formula is C18H16ClN5O3S. The first kappa shape index (κ1) is 19.8. The van der Waals surface area contributed by atoms with Gasteiger partial charge in [0.15, 0.2) is 5.16 Å². The molecule has 3 rings (SSSR count). The van der Waals surface area contributed by atoms with E-state index in [-0.39, 0.29) is 17.3 Å². The van der Waals surface area contributed by atoms with Crippen LogP contribution >= 0.6 is 23.4 Å². The maximum atomic E-state index is 12.6. The first-order valence-electron chi connectivity index (χ1n) is 8.22. The Morgan fingerprint density at radius 3 is 2.75 bits per heavy atom. The number of aryl methyl sites for hydroxylation is 1. The summed E-state index contributed by atoms with van der Waals surface area (Å²) in [4.78, 5) is 23.9. The van der Waals surface area contributed by atoms with Gasteiger partial charge >= 0.3 is 0 Å². The molecule has 0 aliphatic rings. The summed E-state index contributed by atoms with van der Waals surface area (Å²) in [6.45, 7) is 1.82. The normalized spacial score (nSPS) is 11.8. The van der Waals surface area contributed by atoms with Crippen molar-refractivity contribution >= 4 is 35.0 Å². The molecule has 2 aromatic carbocycles. The maximum absolute atomic E-state index is 12.6. The van der Waals surface area contributed by atoms with E-state index < -0.39 is 10.8 Å². The minimum absolute atomic E-state index is 0.170. The molecule has 0 saturated heterocycles. The van der Waals surface area contributed by atoms with Crippen LogP contribution in [0.3, 0.4) is 0 Å². The Kier molecular flexibility index (Phi) is 5.96. The van der Waals surface area contributed by atoms with Gasteiger partial charge in [0.2, 0.25) is 0 Å². The topological polar surface area (TPSA) is 103 Å². The molecule has 0 radical (unpaired) electrons. The second-order valence-electron chi connectivity index (χ2n) is 6.02. The van der Waals surface area contributed by atoms with Crippen molar-refractivity contribution in [2.24, 2.45) is 7.05 Å². The molecule has 0 spiro atoms. The molecular weight excluding hydrogens is 402 g/mol. The quantitative estimate of drug-likeness (QED) is 0.480. The highest BCUT2D eigenvalue weighted by Gasteiger charge is 2.21. The van der Waals surface area contributed by atoms with Crippen molar-refractivity contribution in [3.05, 3.63) is 75.1 Å². The van der Waals surface area contributed by atoms with Crippen LogP contribution in [-0.4, -0.2) is 25.6 Å². The Morgan fingerprint density at radius 1 is 1.32 bits per heavy atom. The summed E-state index contributed by atoms with van der Waals surface area (Å²) in [6.07, 6.45) is 1.51. The monoisotopic (exact) mass is 417 g/mol. The van der Waals surface area contributed by atoms with Gasteiger partial charge in [0.25, 0.3) is 11.6 Å². The molecule has 0 fully saturated rings. The molecule has 1 N–H and O–H groups in total. The van der Waals surface area contributed by atoms with Crippen LogP contribution in [0.2, 0.25) is 5.02 Å². The average molecular weight is 418 g/mol. The Balaban J connectivity index is 1.82. The molecule has 1 atom stereocenters. The number of rotatable bonds is 6. The van der Waals surface area contributed by atoms with Gasteiger partial charge in [-0.25, -0.2) is 0 Å². The number of amides is 1. The lowest BCUT2D eigenvalue weighted by Gasteiger charge is -2.15. The van der Waals surface area contributed by atoms with E-state index in [1.54, 1.807) is 35.9 Å². The van der Waals surface area contributed by atoms with Crippen molar-refractivity contribution in [2.75, 3.05) is 0 Å². The smallest absolute Gasteiger partial charge is 0.284 e. The Bertz CT molecular complexity index is 1040. The SMILES string of the molecule is CC(NC(=O)c1ccc(Sc2nncn2C)c([N+](=O)[O-])c1)c1cccc(Cl)c1. The predicted molar refractivity (Wildman–Crippen MR) is 106 cm³/mol. The van der Waals surface area contributed by atoms with Gasteiger partial charge in [-0.05, 0) is 48.5 Å². The van der Waals surface area contributed by atoms with E-state index in [1.165, 1.54) is 18.5 Å². The minimum Gasteiger partial charge on any atom is -0.346 e. The lowest BCUT2D eigenvalue weighted by molar-refractivity contribution is -0.387. The van der Waals surface area contributed by atoms with Gasteiger partial charge in [-0.3, -0.25) is 14.9 Å². The van der Waals surface area contributed by atoms with Crippen molar-refractivity contribution < 1.29 is 9.72 Å². The first-order chi connectivity index (χ1) is 13.3. The number of carbonyl (C=O) groups excluding carboxylic acids is 1. The molecule has 1 heterocycles. The van der Waals surface area contributed by atoms with E-state index in [1.807, 2.05) is 13.0 Å². The summed E-state index contributed by atoms with van der Waals surface area (Å²) in [6, 6.07) is 11.2. The van der Waals surface area contributed by atoms with Crippen molar-refractivity contribution in [3.8, 4) is 0 Å². The number of halogens is 1. The number of nitrogens with zero attached hydrogens (tertiary/aromatic N) is 4. The van der Waals surface area contributed by atoms with Gasteiger partial charge in [0.05, 0.1) is 15.9 Å². The van der Waals surface area contributed by atoms with E-state index in [0.29, 0.717) is 15.1 Å². The van der Waals surface area contributed by atoms with E-state index in [2.05, 4.69) is 15.5 Å². The molecule has 10 heteroatoms. The number of hydrogen-bond donors (Lipinski definition) is 1. The molecule has 1 unspecified atom stereocenters. The second kappa shape index (κ2) is 8.41. The maximum Gasteiger partial charge on any atom is 0.284 e. The van der Waals surface area contributed by atoms with Crippen LogP contribution in [0.4, 0.5) is 5.69 Å². The number of benzene rings is 2. The molecule has 0 bridgehead atoms. The summed E-state index contributed by atoms with van der Waals surface area (Å²) >= 11 is 7.09. The third-order valence-corrected chi connectivity index (χ3v) is 5.34. The molecule has 0 saturated carbocycles. The standard InChI is InChI=1S/C18H16ClN5O3S/c1-11(12-4-3-5-14(19)8-12)21-17(25)13-6-7-16(15(9-13)24(26)27)28-18-22-20-10-23(18)2/h3-11H,1-2H3,(H,21,25). The summed E-state index contributed by atoms with van der Waals surface area (Å²) in [5.74, 6) is -0.411. The lowest BCUT2D eigenvalue weighted by atomic mass is 10.1. The molecule has 0 aliphatic heterocycles. The van der Waals surface area contributed by atoms with Gasteiger partial charge in [-0.1, -0.05) is 23.7 Å². The Labute approximate surface area is 170 Å². The van der Waals surface area contributed by atoms with Gasteiger partial charge in [0, 0.05) is 23.7 Å². The highest BCUT2D eigenvalue weighted by atomic mass is 35.5. The summed E-state index contributed by atoms with van der Waals surface area (Å²) in [5, 5.41) is 23.1. The van der Waals surface area contributed by atoms with Crippen molar-refractivity contribution in [3.63, 3.8) is 0 Å². The molecule has 8 nitrogen and oxygen atoms in total. The zero-order chi connectivity index (χ0) is 20.3.